The third kappa shape index (κ3) is 18.2. The fourth-order valence-corrected chi connectivity index (χ4v) is 10.5. The first-order valence-corrected chi connectivity index (χ1v) is 28.0. The number of urea groups is 2. The van der Waals surface area contributed by atoms with Crippen LogP contribution in [0.15, 0.2) is 107 Å². The second-order valence-corrected chi connectivity index (χ2v) is 21.7. The summed E-state index contributed by atoms with van der Waals surface area (Å²) in [6.45, 7) is 3.59. The smallest absolute Gasteiger partial charge is 0.314 e. The lowest BCUT2D eigenvalue weighted by molar-refractivity contribution is 0.0516. The van der Waals surface area contributed by atoms with Gasteiger partial charge in [-0.15, -0.1) is 0 Å². The van der Waals surface area contributed by atoms with Crippen LogP contribution in [0, 0.1) is 0 Å². The quantitative estimate of drug-likeness (QED) is 0.0375. The number of carbonyl (C=O) groups excluding carboxylic acids is 2. The largest absolute Gasteiger partial charge is 0.484 e. The Morgan fingerprint density at radius 1 is 0.459 bits per heavy atom. The van der Waals surface area contributed by atoms with E-state index in [9.17, 15) is 26.4 Å². The topological polar surface area (TPSA) is 236 Å². The van der Waals surface area contributed by atoms with Crippen LogP contribution in [-0.2, 0) is 51.8 Å². The highest BCUT2D eigenvalue weighted by Crippen LogP contribution is 2.39. The Labute approximate surface area is 436 Å². The van der Waals surface area contributed by atoms with Crippen molar-refractivity contribution in [1.29, 1.82) is 0 Å². The average Bonchev–Trinajstić information content (AvgIpc) is 3.95. The second kappa shape index (κ2) is 29.6. The molecule has 0 radical (unpaired) electrons. The van der Waals surface area contributed by atoms with Gasteiger partial charge in [-0.3, -0.25) is 0 Å². The van der Waals surface area contributed by atoms with E-state index < -0.39 is 20.0 Å². The van der Waals surface area contributed by atoms with Gasteiger partial charge in [-0.2, -0.15) is 0 Å². The molecule has 2 aliphatic rings. The van der Waals surface area contributed by atoms with Crippen LogP contribution in [0.1, 0.15) is 47.3 Å². The number of ether oxygens (including phenoxy) is 6. The van der Waals surface area contributed by atoms with Crippen molar-refractivity contribution in [2.24, 2.45) is 0 Å². The zero-order valence-electron chi connectivity index (χ0n) is 42.9. The van der Waals surface area contributed by atoms with Gasteiger partial charge in [-0.25, -0.2) is 35.9 Å². The van der Waals surface area contributed by atoms with Gasteiger partial charge in [0, 0.05) is 39.3 Å². The molecule has 6 N–H and O–H groups in total. The van der Waals surface area contributed by atoms with E-state index >= 15 is 0 Å². The summed E-state index contributed by atoms with van der Waals surface area (Å²) in [4.78, 5) is 28.7. The molecule has 0 aromatic heterocycles. The van der Waals surface area contributed by atoms with Crippen molar-refractivity contribution in [2.45, 2.75) is 59.8 Å². The number of rotatable bonds is 33. The molecule has 0 saturated carbocycles. The van der Waals surface area contributed by atoms with Crippen molar-refractivity contribution in [3.05, 3.63) is 119 Å². The summed E-state index contributed by atoms with van der Waals surface area (Å²) in [7, 11) is 0.649. The van der Waals surface area contributed by atoms with Gasteiger partial charge in [0.05, 0.1) is 74.7 Å². The van der Waals surface area contributed by atoms with Crippen LogP contribution < -0.4 is 40.2 Å². The van der Waals surface area contributed by atoms with E-state index in [1.807, 2.05) is 52.5 Å². The lowest BCUT2D eigenvalue weighted by Crippen LogP contribution is -2.39. The Balaban J connectivity index is 0.681. The van der Waals surface area contributed by atoms with Gasteiger partial charge in [-0.05, 0) is 125 Å². The highest BCUT2D eigenvalue weighted by Gasteiger charge is 2.37. The predicted molar refractivity (Wildman–Crippen MR) is 281 cm³/mol. The maximum atomic E-state index is 12.8. The summed E-state index contributed by atoms with van der Waals surface area (Å²) in [5.41, 5.74) is 4.80. The molecule has 2 aliphatic carbocycles. The van der Waals surface area contributed by atoms with E-state index in [2.05, 4.69) is 64.8 Å². The molecule has 22 heteroatoms. The third-order valence-electron chi connectivity index (χ3n) is 12.5. The highest BCUT2D eigenvalue weighted by molar-refractivity contribution is 7.89. The van der Waals surface area contributed by atoms with Crippen molar-refractivity contribution >= 4 is 32.1 Å². The van der Waals surface area contributed by atoms with Gasteiger partial charge >= 0.3 is 12.1 Å². The van der Waals surface area contributed by atoms with Gasteiger partial charge in [0.15, 0.2) is 0 Å². The number of carbonyl (C=O) groups is 2. The first-order valence-electron chi connectivity index (χ1n) is 25.1. The van der Waals surface area contributed by atoms with E-state index in [0.717, 1.165) is 24.0 Å². The molecule has 74 heavy (non-hydrogen) atoms. The van der Waals surface area contributed by atoms with Crippen molar-refractivity contribution in [1.82, 2.24) is 40.5 Å². The van der Waals surface area contributed by atoms with E-state index in [0.29, 0.717) is 50.5 Å². The van der Waals surface area contributed by atoms with Crippen LogP contribution in [0.25, 0.3) is 0 Å². The number of nitrogens with zero attached hydrogens (tertiary/aromatic N) is 2. The summed E-state index contributed by atoms with van der Waals surface area (Å²) in [6, 6.07) is 29.0. The van der Waals surface area contributed by atoms with Crippen LogP contribution in [0.3, 0.4) is 0 Å². The fourth-order valence-electron chi connectivity index (χ4n) is 8.51. The lowest BCUT2D eigenvalue weighted by Gasteiger charge is -2.27. The Morgan fingerprint density at radius 2 is 0.797 bits per heavy atom. The molecule has 20 nitrogen and oxygen atoms in total. The summed E-state index contributed by atoms with van der Waals surface area (Å²) in [5.74, 6) is 1.19. The minimum Gasteiger partial charge on any atom is -0.484 e. The molecule has 406 valence electrons. The Kier molecular flexibility index (Phi) is 23.2. The Morgan fingerprint density at radius 3 is 1.16 bits per heavy atom. The number of nitrogens with one attached hydrogen (secondary N) is 6. The molecule has 0 bridgehead atoms. The molecular formula is C52H74N8O12S2. The van der Waals surface area contributed by atoms with Crippen molar-refractivity contribution in [2.75, 3.05) is 120 Å². The monoisotopic (exact) mass is 1070 g/mol. The Bertz CT molecular complexity index is 2400. The van der Waals surface area contributed by atoms with Crippen LogP contribution in [0.2, 0.25) is 0 Å². The van der Waals surface area contributed by atoms with Gasteiger partial charge in [0.25, 0.3) is 0 Å². The summed E-state index contributed by atoms with van der Waals surface area (Å²) >= 11 is 0. The normalized spacial score (nSPS) is 17.2. The second-order valence-electron chi connectivity index (χ2n) is 18.2. The first-order chi connectivity index (χ1) is 35.7. The molecule has 4 aromatic carbocycles. The fraction of sp³-hybridized carbons (Fsp3) is 0.500. The van der Waals surface area contributed by atoms with Gasteiger partial charge in [0.1, 0.15) is 23.7 Å². The van der Waals surface area contributed by atoms with Crippen LogP contribution in [0.4, 0.5) is 9.59 Å². The van der Waals surface area contributed by atoms with Crippen LogP contribution >= 0.6 is 0 Å². The molecule has 4 amide bonds. The van der Waals surface area contributed by atoms with E-state index in [1.165, 1.54) is 35.4 Å². The number of hydrogen-bond donors (Lipinski definition) is 6. The van der Waals surface area contributed by atoms with Crippen LogP contribution in [-0.4, -0.2) is 171 Å². The molecule has 1 unspecified atom stereocenters. The van der Waals surface area contributed by atoms with E-state index in [1.54, 1.807) is 24.3 Å². The number of sulfonamides is 2. The standard InChI is InChI=1S/C52H74N8O12S2/c1-59(2)47-37-39-11-5-7-13-45(39)49(47)71-41-15-19-43(20-16-41)73(63,64)57-27-31-69-35-33-67-29-25-55-51(61)53-23-9-10-24-54-52(62)56-26-30-68-34-36-70-32-28-58-74(65,66)44-21-17-42(18-22-44)72-50-46-14-8-6-12-40(46)38-48(50)60(3)4/h5-8,11-22,47-50,57-58H,9-10,23-38H2,1-4H3,(H2,53,55,61)(H2,54,56,62)/t47-,48?,49-,50-/m0/s1. The van der Waals surface area contributed by atoms with Crippen LogP contribution in [0.5, 0.6) is 11.5 Å². The molecule has 0 fully saturated rings. The maximum Gasteiger partial charge on any atom is 0.314 e. The molecule has 4 aromatic rings. The van der Waals surface area contributed by atoms with Crippen molar-refractivity contribution < 1.29 is 54.8 Å². The average molecular weight is 1070 g/mol. The highest BCUT2D eigenvalue weighted by atomic mass is 32.2. The first kappa shape index (κ1) is 57.9. The maximum absolute atomic E-state index is 12.8. The Hall–Kier alpha value is -5.40. The number of amides is 4. The summed E-state index contributed by atoms with van der Waals surface area (Å²) in [6.07, 6.45) is 2.79. The zero-order valence-corrected chi connectivity index (χ0v) is 44.5. The minimum atomic E-state index is -3.74. The van der Waals surface area contributed by atoms with Gasteiger partial charge in [-0.1, -0.05) is 48.5 Å². The SMILES string of the molecule is CN(C)C1Cc2ccccc2[C@@H]1Oc1ccc(S(=O)(=O)NCCOCCOCCNC(=O)NCCCCNC(=O)NCCOCCOCCNS(=O)(=O)c2ccc(O[C@H]3c4ccccc4C[C@@H]3N(C)C)cc2)cc1. The third-order valence-corrected chi connectivity index (χ3v) is 15.4. The predicted octanol–water partition coefficient (Wildman–Crippen LogP) is 3.60. The summed E-state index contributed by atoms with van der Waals surface area (Å²) < 4.78 is 91.2. The molecule has 0 saturated heterocycles. The number of hydrogen-bond acceptors (Lipinski definition) is 14. The van der Waals surface area contributed by atoms with Crippen molar-refractivity contribution in [3.8, 4) is 11.5 Å². The number of benzene rings is 4. The number of likely N-dealkylation sites (N-methyl/N-ethyl adjacent to an activating group) is 2. The molecule has 6 rings (SSSR count). The van der Waals surface area contributed by atoms with Gasteiger partial charge in [0.2, 0.25) is 20.0 Å². The zero-order chi connectivity index (χ0) is 52.8. The molecule has 0 spiro atoms. The molecular weight excluding hydrogens is 993 g/mol. The molecule has 0 heterocycles. The number of fused-ring (bicyclic) bond motifs is 2. The lowest BCUT2D eigenvalue weighted by atomic mass is 10.1. The van der Waals surface area contributed by atoms with Crippen molar-refractivity contribution in [3.63, 3.8) is 0 Å². The number of unbranched alkanes of at least 4 members (excludes halogenated alkanes) is 1. The molecule has 0 aliphatic heterocycles. The van der Waals surface area contributed by atoms with E-state index in [-0.39, 0.29) is 112 Å². The van der Waals surface area contributed by atoms with E-state index in [4.69, 9.17) is 28.4 Å². The van der Waals surface area contributed by atoms with Gasteiger partial charge < -0.3 is 59.5 Å². The molecule has 4 atom stereocenters. The minimum absolute atomic E-state index is 0.0914. The summed E-state index contributed by atoms with van der Waals surface area (Å²) in [5, 5.41) is 10.9.